The zero-order valence-corrected chi connectivity index (χ0v) is 13.4. The molecule has 0 spiro atoms. The molecule has 0 aromatic heterocycles. The number of likely N-dealkylation sites (N-methyl/N-ethyl adjacent to an activating group) is 1. The van der Waals surface area contributed by atoms with Gasteiger partial charge in [0.05, 0.1) is 6.61 Å². The summed E-state index contributed by atoms with van der Waals surface area (Å²) < 4.78 is 10.4. The highest BCUT2D eigenvalue weighted by Gasteiger charge is 2.18. The molecule has 1 aromatic carbocycles. The van der Waals surface area contributed by atoms with E-state index in [2.05, 4.69) is 17.3 Å². The second kappa shape index (κ2) is 8.60. The van der Waals surface area contributed by atoms with Crippen molar-refractivity contribution in [2.24, 2.45) is 0 Å². The van der Waals surface area contributed by atoms with Crippen LogP contribution in [0.2, 0.25) is 0 Å². The first-order valence-electron chi connectivity index (χ1n) is 7.61. The largest absolute Gasteiger partial charge is 0.491 e. The minimum Gasteiger partial charge on any atom is -0.491 e. The summed E-state index contributed by atoms with van der Waals surface area (Å²) in [7, 11) is 3.72. The van der Waals surface area contributed by atoms with Crippen LogP contribution in [0.4, 0.5) is 4.79 Å². The van der Waals surface area contributed by atoms with Gasteiger partial charge in [0.2, 0.25) is 0 Å². The zero-order chi connectivity index (χ0) is 15.8. The molecule has 0 saturated carbocycles. The lowest BCUT2D eigenvalue weighted by Gasteiger charge is -2.32. The Hall–Kier alpha value is -1.79. The Balaban J connectivity index is 1.73. The number of methoxy groups -OCH3 is 1. The number of piperazine rings is 1. The first-order chi connectivity index (χ1) is 10.7. The number of carbonyl (C=O) groups excluding carboxylic acids is 1. The Labute approximate surface area is 132 Å². The highest BCUT2D eigenvalue weighted by molar-refractivity contribution is 5.74. The molecule has 0 aliphatic carbocycles. The van der Waals surface area contributed by atoms with E-state index in [4.69, 9.17) is 9.47 Å². The molecule has 22 heavy (non-hydrogen) atoms. The van der Waals surface area contributed by atoms with Gasteiger partial charge in [-0.3, -0.25) is 0 Å². The molecule has 1 aliphatic heterocycles. The minimum absolute atomic E-state index is 0.00789. The lowest BCUT2D eigenvalue weighted by molar-refractivity contribution is 0.146. The SMILES string of the molecule is COCCOc1ccc(CNC(=O)N2CCN(C)CC2)cc1. The summed E-state index contributed by atoms with van der Waals surface area (Å²) in [6, 6.07) is 7.76. The van der Waals surface area contributed by atoms with Crippen molar-refractivity contribution in [1.29, 1.82) is 0 Å². The maximum absolute atomic E-state index is 12.1. The van der Waals surface area contributed by atoms with E-state index >= 15 is 0 Å². The van der Waals surface area contributed by atoms with Gasteiger partial charge in [-0.15, -0.1) is 0 Å². The summed E-state index contributed by atoms with van der Waals surface area (Å²) in [6.07, 6.45) is 0. The number of nitrogens with zero attached hydrogens (tertiary/aromatic N) is 2. The number of hydrogen-bond donors (Lipinski definition) is 1. The molecule has 1 heterocycles. The zero-order valence-electron chi connectivity index (χ0n) is 13.4. The molecule has 1 fully saturated rings. The van der Waals surface area contributed by atoms with E-state index in [1.165, 1.54) is 0 Å². The van der Waals surface area contributed by atoms with Gasteiger partial charge >= 0.3 is 6.03 Å². The van der Waals surface area contributed by atoms with Crippen LogP contribution in [-0.4, -0.2) is 69.4 Å². The third-order valence-electron chi connectivity index (χ3n) is 3.71. The summed E-state index contributed by atoms with van der Waals surface area (Å²) in [5, 5.41) is 2.96. The molecule has 1 aromatic rings. The third kappa shape index (κ3) is 5.20. The lowest BCUT2D eigenvalue weighted by Crippen LogP contribution is -2.50. The van der Waals surface area contributed by atoms with Crippen molar-refractivity contribution in [2.45, 2.75) is 6.54 Å². The second-order valence-electron chi connectivity index (χ2n) is 5.43. The number of rotatable bonds is 6. The predicted octanol–water partition coefficient (Wildman–Crippen LogP) is 1.17. The fourth-order valence-corrected chi connectivity index (χ4v) is 2.25. The molecule has 1 N–H and O–H groups in total. The van der Waals surface area contributed by atoms with E-state index < -0.39 is 0 Å². The van der Waals surface area contributed by atoms with Crippen molar-refractivity contribution in [3.05, 3.63) is 29.8 Å². The average Bonchev–Trinajstić information content (AvgIpc) is 2.55. The Morgan fingerprint density at radius 3 is 2.45 bits per heavy atom. The molecular weight excluding hydrogens is 282 g/mol. The van der Waals surface area contributed by atoms with Gasteiger partial charge in [-0.05, 0) is 24.7 Å². The normalized spacial score (nSPS) is 15.6. The van der Waals surface area contributed by atoms with Gasteiger partial charge in [0.15, 0.2) is 0 Å². The average molecular weight is 307 g/mol. The molecule has 0 radical (unpaired) electrons. The Morgan fingerprint density at radius 1 is 1.14 bits per heavy atom. The first-order valence-corrected chi connectivity index (χ1v) is 7.61. The maximum atomic E-state index is 12.1. The molecular formula is C16H25N3O3. The van der Waals surface area contributed by atoms with Gasteiger partial charge in [-0.2, -0.15) is 0 Å². The summed E-state index contributed by atoms with van der Waals surface area (Å²) in [5.41, 5.74) is 1.06. The summed E-state index contributed by atoms with van der Waals surface area (Å²) in [6.45, 7) is 5.08. The van der Waals surface area contributed by atoms with Gasteiger partial charge in [0.25, 0.3) is 0 Å². The van der Waals surface area contributed by atoms with Crippen LogP contribution in [0.5, 0.6) is 5.75 Å². The van der Waals surface area contributed by atoms with E-state index in [9.17, 15) is 4.79 Å². The van der Waals surface area contributed by atoms with Gasteiger partial charge in [-0.1, -0.05) is 12.1 Å². The van der Waals surface area contributed by atoms with Crippen LogP contribution >= 0.6 is 0 Å². The number of benzene rings is 1. The first kappa shape index (κ1) is 16.6. The number of hydrogen-bond acceptors (Lipinski definition) is 4. The van der Waals surface area contributed by atoms with Gasteiger partial charge in [0.1, 0.15) is 12.4 Å². The molecule has 2 amide bonds. The van der Waals surface area contributed by atoms with Crippen LogP contribution in [0, 0.1) is 0 Å². The molecule has 122 valence electrons. The molecule has 0 bridgehead atoms. The number of nitrogens with one attached hydrogen (secondary N) is 1. The number of ether oxygens (including phenoxy) is 2. The Kier molecular flexibility index (Phi) is 6.48. The van der Waals surface area contributed by atoms with Crippen LogP contribution in [0.3, 0.4) is 0 Å². The van der Waals surface area contributed by atoms with Crippen molar-refractivity contribution in [2.75, 3.05) is 53.6 Å². The van der Waals surface area contributed by atoms with Crippen LogP contribution in [0.1, 0.15) is 5.56 Å². The lowest BCUT2D eigenvalue weighted by atomic mass is 10.2. The summed E-state index contributed by atoms with van der Waals surface area (Å²) in [4.78, 5) is 16.2. The van der Waals surface area contributed by atoms with Crippen LogP contribution in [-0.2, 0) is 11.3 Å². The molecule has 2 rings (SSSR count). The van der Waals surface area contributed by atoms with Crippen LogP contribution in [0.25, 0.3) is 0 Å². The number of urea groups is 1. The molecule has 1 aliphatic rings. The predicted molar refractivity (Wildman–Crippen MR) is 85.1 cm³/mol. The maximum Gasteiger partial charge on any atom is 0.317 e. The van der Waals surface area contributed by atoms with E-state index in [1.807, 2.05) is 29.2 Å². The van der Waals surface area contributed by atoms with Gasteiger partial charge < -0.3 is 24.6 Å². The van der Waals surface area contributed by atoms with E-state index in [-0.39, 0.29) is 6.03 Å². The van der Waals surface area contributed by atoms with E-state index in [0.717, 1.165) is 37.5 Å². The molecule has 1 saturated heterocycles. The number of carbonyl (C=O) groups is 1. The highest BCUT2D eigenvalue weighted by Crippen LogP contribution is 2.12. The topological polar surface area (TPSA) is 54.0 Å². The van der Waals surface area contributed by atoms with Crippen molar-refractivity contribution in [1.82, 2.24) is 15.1 Å². The van der Waals surface area contributed by atoms with Gasteiger partial charge in [-0.25, -0.2) is 4.79 Å². The molecule has 6 nitrogen and oxygen atoms in total. The van der Waals surface area contributed by atoms with E-state index in [1.54, 1.807) is 7.11 Å². The van der Waals surface area contributed by atoms with Crippen LogP contribution in [0.15, 0.2) is 24.3 Å². The fourth-order valence-electron chi connectivity index (χ4n) is 2.25. The smallest absolute Gasteiger partial charge is 0.317 e. The van der Waals surface area contributed by atoms with E-state index in [0.29, 0.717) is 19.8 Å². The molecule has 0 atom stereocenters. The quantitative estimate of drug-likeness (QED) is 0.802. The molecule has 0 unspecified atom stereocenters. The highest BCUT2D eigenvalue weighted by atomic mass is 16.5. The summed E-state index contributed by atoms with van der Waals surface area (Å²) in [5.74, 6) is 0.811. The third-order valence-corrected chi connectivity index (χ3v) is 3.71. The number of amides is 2. The monoisotopic (exact) mass is 307 g/mol. The molecule has 6 heteroatoms. The second-order valence-corrected chi connectivity index (χ2v) is 5.43. The van der Waals surface area contributed by atoms with Crippen molar-refractivity contribution in [3.63, 3.8) is 0 Å². The fraction of sp³-hybridized carbons (Fsp3) is 0.562. The van der Waals surface area contributed by atoms with Crippen molar-refractivity contribution in [3.8, 4) is 5.75 Å². The Bertz CT molecular complexity index is 456. The van der Waals surface area contributed by atoms with Gasteiger partial charge in [0, 0.05) is 39.8 Å². The van der Waals surface area contributed by atoms with Crippen LogP contribution < -0.4 is 10.1 Å². The summed E-state index contributed by atoms with van der Waals surface area (Å²) >= 11 is 0. The Morgan fingerprint density at radius 2 is 1.82 bits per heavy atom. The van der Waals surface area contributed by atoms with Crippen molar-refractivity contribution < 1.29 is 14.3 Å². The van der Waals surface area contributed by atoms with Crippen molar-refractivity contribution >= 4 is 6.03 Å². The minimum atomic E-state index is 0.00789. The standard InChI is InChI=1S/C16H25N3O3/c1-18-7-9-19(10-8-18)16(20)17-13-14-3-5-15(6-4-14)22-12-11-21-2/h3-6H,7-13H2,1-2H3,(H,17,20).